The number of aromatic nitrogens is 2. The fourth-order valence-electron chi connectivity index (χ4n) is 4.36. The third kappa shape index (κ3) is 3.79. The summed E-state index contributed by atoms with van der Waals surface area (Å²) in [6.45, 7) is 1.94. The highest BCUT2D eigenvalue weighted by molar-refractivity contribution is 7.97. The van der Waals surface area contributed by atoms with Crippen LogP contribution in [0.3, 0.4) is 0 Å². The molecule has 30 heavy (non-hydrogen) atoms. The number of nitrogen functional groups attached to an aromatic ring is 1. The Morgan fingerprint density at radius 2 is 2.13 bits per heavy atom. The van der Waals surface area contributed by atoms with Crippen LogP contribution in [0.25, 0.3) is 22.0 Å². The summed E-state index contributed by atoms with van der Waals surface area (Å²) in [6, 6.07) is 6.63. The van der Waals surface area contributed by atoms with Crippen LogP contribution in [0.1, 0.15) is 36.4 Å². The molecular weight excluding hydrogens is 418 g/mol. The highest BCUT2D eigenvalue weighted by Gasteiger charge is 2.29. The van der Waals surface area contributed by atoms with Gasteiger partial charge in [-0.15, -0.1) is 0 Å². The van der Waals surface area contributed by atoms with Crippen molar-refractivity contribution in [2.24, 2.45) is 0 Å². The molecule has 0 bridgehead atoms. The maximum atomic E-state index is 12.1. The Morgan fingerprint density at radius 3 is 2.83 bits per heavy atom. The van der Waals surface area contributed by atoms with Gasteiger partial charge in [-0.25, -0.2) is 4.72 Å². The van der Waals surface area contributed by atoms with Gasteiger partial charge < -0.3 is 10.3 Å². The van der Waals surface area contributed by atoms with Gasteiger partial charge in [0.2, 0.25) is 0 Å². The van der Waals surface area contributed by atoms with Crippen LogP contribution < -0.4 is 10.5 Å². The molecule has 3 N–H and O–H groups in total. The number of anilines is 1. The van der Waals surface area contributed by atoms with Crippen LogP contribution in [0.4, 0.5) is 5.69 Å². The summed E-state index contributed by atoms with van der Waals surface area (Å²) < 4.78 is 17.5. The van der Waals surface area contributed by atoms with E-state index < -0.39 is 9.71 Å². The molecule has 4 rings (SSSR count). The molecular formula is C22H24ClN5OS. The van der Waals surface area contributed by atoms with Gasteiger partial charge in [0.25, 0.3) is 0 Å². The Kier molecular flexibility index (Phi) is 5.27. The van der Waals surface area contributed by atoms with Gasteiger partial charge >= 0.3 is 0 Å². The average molecular weight is 442 g/mol. The summed E-state index contributed by atoms with van der Waals surface area (Å²) in [7, 11) is -2.25. The quantitative estimate of drug-likeness (QED) is 0.596. The third-order valence-electron chi connectivity index (χ3n) is 5.71. The van der Waals surface area contributed by atoms with E-state index >= 15 is 0 Å². The van der Waals surface area contributed by atoms with Crippen molar-refractivity contribution in [3.05, 3.63) is 46.9 Å². The van der Waals surface area contributed by atoms with Crippen molar-refractivity contribution in [3.8, 4) is 17.2 Å². The zero-order valence-electron chi connectivity index (χ0n) is 17.0. The third-order valence-corrected chi connectivity index (χ3v) is 6.97. The van der Waals surface area contributed by atoms with Gasteiger partial charge in [-0.1, -0.05) is 11.6 Å². The van der Waals surface area contributed by atoms with Crippen LogP contribution in [0.5, 0.6) is 0 Å². The summed E-state index contributed by atoms with van der Waals surface area (Å²) in [5, 5.41) is 10.9. The first-order valence-electron chi connectivity index (χ1n) is 9.72. The molecule has 0 saturated heterocycles. The topological polar surface area (TPSA) is 96.7 Å². The Hall–Kier alpha value is -2.53. The lowest BCUT2D eigenvalue weighted by Crippen LogP contribution is -2.31. The van der Waals surface area contributed by atoms with Crippen molar-refractivity contribution in [2.75, 3.05) is 12.0 Å². The number of aryl methyl sites for hydroxylation is 1. The summed E-state index contributed by atoms with van der Waals surface area (Å²) >= 11 is 6.51. The molecule has 1 aromatic carbocycles. The van der Waals surface area contributed by atoms with E-state index in [1.54, 1.807) is 12.5 Å². The predicted molar refractivity (Wildman–Crippen MR) is 125 cm³/mol. The Morgan fingerprint density at radius 1 is 1.37 bits per heavy atom. The molecule has 1 fully saturated rings. The molecule has 0 spiro atoms. The smallest absolute Gasteiger partial charge is 0.0994 e. The molecule has 3 atom stereocenters. The SMILES string of the molecule is C=S(C)(=O)N[C@@H]1CC[C@@H](n2cc(-c3cncc(N)c3Cl)c3cc(C#N)c(C)cc32)C1. The van der Waals surface area contributed by atoms with Crippen LogP contribution in [0.2, 0.25) is 5.02 Å². The number of hydrogen-bond donors (Lipinski definition) is 2. The average Bonchev–Trinajstić information content (AvgIpc) is 3.26. The van der Waals surface area contributed by atoms with Gasteiger partial charge in [0.1, 0.15) is 0 Å². The minimum atomic E-state index is -2.25. The molecule has 6 nitrogen and oxygen atoms in total. The van der Waals surface area contributed by atoms with E-state index in [0.717, 1.165) is 46.9 Å². The van der Waals surface area contributed by atoms with Crippen LogP contribution in [-0.4, -0.2) is 31.9 Å². The summed E-state index contributed by atoms with van der Waals surface area (Å²) in [4.78, 5) is 4.21. The fraction of sp³-hybridized carbons (Fsp3) is 0.318. The highest BCUT2D eigenvalue weighted by atomic mass is 35.5. The molecule has 156 valence electrons. The van der Waals surface area contributed by atoms with E-state index in [9.17, 15) is 9.47 Å². The van der Waals surface area contributed by atoms with Crippen molar-refractivity contribution < 1.29 is 4.21 Å². The molecule has 1 aliphatic rings. The van der Waals surface area contributed by atoms with Gasteiger partial charge in [-0.3, -0.25) is 9.19 Å². The van der Waals surface area contributed by atoms with E-state index in [1.165, 1.54) is 6.20 Å². The van der Waals surface area contributed by atoms with Crippen LogP contribution in [0.15, 0.2) is 30.7 Å². The van der Waals surface area contributed by atoms with Gasteiger partial charge in [-0.05, 0) is 49.8 Å². The first kappa shape index (κ1) is 20.7. The van der Waals surface area contributed by atoms with E-state index in [0.29, 0.717) is 16.3 Å². The molecule has 0 radical (unpaired) electrons. The summed E-state index contributed by atoms with van der Waals surface area (Å²) in [6.07, 6.45) is 9.68. The zero-order chi connectivity index (χ0) is 21.6. The molecule has 8 heteroatoms. The number of benzene rings is 1. The Labute approximate surface area is 181 Å². The number of nitriles is 1. The number of nitrogens with one attached hydrogen (secondary N) is 1. The van der Waals surface area contributed by atoms with Crippen LogP contribution in [-0.2, 0) is 9.71 Å². The van der Waals surface area contributed by atoms with Gasteiger partial charge in [0.15, 0.2) is 0 Å². The first-order chi connectivity index (χ1) is 14.2. The monoisotopic (exact) mass is 441 g/mol. The zero-order valence-corrected chi connectivity index (χ0v) is 18.6. The van der Waals surface area contributed by atoms with Crippen LogP contribution >= 0.6 is 11.6 Å². The van der Waals surface area contributed by atoms with Crippen molar-refractivity contribution in [1.82, 2.24) is 14.3 Å². The molecule has 1 unspecified atom stereocenters. The molecule has 2 aromatic heterocycles. The number of halogens is 1. The number of nitrogens with two attached hydrogens (primary N) is 1. The number of pyridine rings is 1. The van der Waals surface area contributed by atoms with E-state index in [2.05, 4.69) is 38.5 Å². The maximum Gasteiger partial charge on any atom is 0.0994 e. The van der Waals surface area contributed by atoms with Gasteiger partial charge in [-0.2, -0.15) is 5.26 Å². The van der Waals surface area contributed by atoms with Gasteiger partial charge in [0.05, 0.1) is 28.5 Å². The molecule has 0 aliphatic heterocycles. The lowest BCUT2D eigenvalue weighted by Gasteiger charge is -2.16. The molecule has 2 heterocycles. The lowest BCUT2D eigenvalue weighted by molar-refractivity contribution is 0.518. The predicted octanol–water partition coefficient (Wildman–Crippen LogP) is 4.06. The first-order valence-corrected chi connectivity index (χ1v) is 12.2. The molecule has 1 aliphatic carbocycles. The second kappa shape index (κ2) is 7.62. The van der Waals surface area contributed by atoms with Crippen molar-refractivity contribution >= 4 is 43.8 Å². The number of fused-ring (bicyclic) bond motifs is 1. The standard InChI is InChI=1S/C22H24ClN5OS/c1-13-6-21-17(7-14(13)9-24)19(18-10-26-11-20(25)22(18)23)12-28(21)16-5-4-15(8-16)27-30(2,3)29/h6-7,10-12,15-16H,2,4-5,8,25H2,1,3H3,(H,27,29)/t15-,16-,30?/m1/s1. The Bertz CT molecular complexity index is 1290. The highest BCUT2D eigenvalue weighted by Crippen LogP contribution is 2.41. The lowest BCUT2D eigenvalue weighted by atomic mass is 10.0. The maximum absolute atomic E-state index is 12.1. The molecule has 0 amide bonds. The number of nitrogens with zero attached hydrogens (tertiary/aromatic N) is 3. The molecule has 1 saturated carbocycles. The van der Waals surface area contributed by atoms with Crippen molar-refractivity contribution in [2.45, 2.75) is 38.3 Å². The van der Waals surface area contributed by atoms with E-state index in [-0.39, 0.29) is 12.1 Å². The fourth-order valence-corrected chi connectivity index (χ4v) is 5.47. The van der Waals surface area contributed by atoms with Gasteiger partial charge in [0, 0.05) is 62.5 Å². The van der Waals surface area contributed by atoms with Crippen molar-refractivity contribution in [1.29, 1.82) is 5.26 Å². The number of rotatable bonds is 4. The van der Waals surface area contributed by atoms with E-state index in [4.69, 9.17) is 17.3 Å². The largest absolute Gasteiger partial charge is 0.396 e. The second-order valence-electron chi connectivity index (χ2n) is 8.12. The van der Waals surface area contributed by atoms with E-state index in [1.807, 2.05) is 13.0 Å². The van der Waals surface area contributed by atoms with Crippen LogP contribution in [0, 0.1) is 18.3 Å². The summed E-state index contributed by atoms with van der Waals surface area (Å²) in [5.41, 5.74) is 10.7. The second-order valence-corrected chi connectivity index (χ2v) is 10.7. The molecule has 3 aromatic rings. The minimum Gasteiger partial charge on any atom is -0.396 e. The Balaban J connectivity index is 1.86. The van der Waals surface area contributed by atoms with Crippen molar-refractivity contribution in [3.63, 3.8) is 0 Å². The number of hydrogen-bond acceptors (Lipinski definition) is 4. The summed E-state index contributed by atoms with van der Waals surface area (Å²) in [5.74, 6) is 3.72. The minimum absolute atomic E-state index is 0.156. The normalized spacial score (nSPS) is 20.9.